The Morgan fingerprint density at radius 2 is 2.16 bits per heavy atom. The van der Waals surface area contributed by atoms with E-state index >= 15 is 0 Å². The van der Waals surface area contributed by atoms with Gasteiger partial charge in [-0.15, -0.1) is 0 Å². The monoisotopic (exact) mass is 258 g/mol. The summed E-state index contributed by atoms with van der Waals surface area (Å²) in [7, 11) is 1.87. The Labute approximate surface area is 109 Å². The highest BCUT2D eigenvalue weighted by Crippen LogP contribution is 2.22. The average molecular weight is 258 g/mol. The van der Waals surface area contributed by atoms with Crippen LogP contribution in [0.25, 0.3) is 5.65 Å². The Kier molecular flexibility index (Phi) is 2.57. The van der Waals surface area contributed by atoms with Crippen molar-refractivity contribution in [3.8, 4) is 0 Å². The van der Waals surface area contributed by atoms with Crippen LogP contribution in [0, 0.1) is 6.92 Å². The third kappa shape index (κ3) is 1.97. The first-order valence-corrected chi connectivity index (χ1v) is 5.75. The van der Waals surface area contributed by atoms with Gasteiger partial charge in [-0.3, -0.25) is 4.68 Å². The smallest absolute Gasteiger partial charge is 0.180 e. The topological polar surface area (TPSA) is 98.1 Å². The third-order valence-electron chi connectivity index (χ3n) is 2.79. The minimum Gasteiger partial charge on any atom is -0.334 e. The van der Waals surface area contributed by atoms with Gasteiger partial charge in [0.15, 0.2) is 17.3 Å². The zero-order valence-electron chi connectivity index (χ0n) is 10.6. The van der Waals surface area contributed by atoms with E-state index < -0.39 is 0 Å². The molecule has 3 rings (SSSR count). The number of nitrogens with two attached hydrogens (primary N) is 1. The zero-order chi connectivity index (χ0) is 13.4. The predicted molar refractivity (Wildman–Crippen MR) is 72.0 cm³/mol. The maximum absolute atomic E-state index is 5.42. The lowest BCUT2D eigenvalue weighted by atomic mass is 10.4. The minimum absolute atomic E-state index is 0.551. The number of hydrogen-bond donors (Lipinski definition) is 3. The van der Waals surface area contributed by atoms with Gasteiger partial charge in [-0.05, 0) is 6.92 Å². The fourth-order valence-corrected chi connectivity index (χ4v) is 1.93. The molecule has 3 aromatic heterocycles. The highest BCUT2D eigenvalue weighted by molar-refractivity contribution is 5.72. The summed E-state index contributed by atoms with van der Waals surface area (Å²) in [5.41, 5.74) is 5.03. The van der Waals surface area contributed by atoms with E-state index in [1.54, 1.807) is 17.1 Å². The molecule has 8 nitrogen and oxygen atoms in total. The van der Waals surface area contributed by atoms with E-state index in [4.69, 9.17) is 5.84 Å². The zero-order valence-corrected chi connectivity index (χ0v) is 10.6. The number of imidazole rings is 1. The van der Waals surface area contributed by atoms with Crippen LogP contribution in [0.5, 0.6) is 0 Å². The molecule has 8 heteroatoms. The number of hydrazine groups is 1. The summed E-state index contributed by atoms with van der Waals surface area (Å²) >= 11 is 0. The summed E-state index contributed by atoms with van der Waals surface area (Å²) in [4.78, 5) is 8.64. The lowest BCUT2D eigenvalue weighted by molar-refractivity contribution is 0.756. The van der Waals surface area contributed by atoms with Gasteiger partial charge in [-0.25, -0.2) is 15.8 Å². The first-order valence-electron chi connectivity index (χ1n) is 5.75. The SMILES string of the molecule is Cc1nn(C)cc1Nc1nc(NN)cn2ccnc12. The lowest BCUT2D eigenvalue weighted by Crippen LogP contribution is -2.11. The van der Waals surface area contributed by atoms with Crippen LogP contribution in [0.15, 0.2) is 24.8 Å². The summed E-state index contributed by atoms with van der Waals surface area (Å²) in [5.74, 6) is 6.59. The number of nitrogen functional groups attached to an aromatic ring is 1. The largest absolute Gasteiger partial charge is 0.334 e. The average Bonchev–Trinajstić information content (AvgIpc) is 2.96. The highest BCUT2D eigenvalue weighted by Gasteiger charge is 2.10. The van der Waals surface area contributed by atoms with E-state index in [-0.39, 0.29) is 0 Å². The van der Waals surface area contributed by atoms with Gasteiger partial charge >= 0.3 is 0 Å². The van der Waals surface area contributed by atoms with Crippen molar-refractivity contribution in [2.24, 2.45) is 12.9 Å². The standard InChI is InChI=1S/C11H14N8/c1-7-8(5-18(2)17-7)14-10-11-13-3-4-19(11)6-9(15-10)16-12/h3-6,16H,12H2,1-2H3,(H,14,15). The number of anilines is 3. The Bertz CT molecular complexity index is 725. The molecule has 0 aromatic carbocycles. The van der Waals surface area contributed by atoms with Crippen molar-refractivity contribution in [2.75, 3.05) is 10.7 Å². The fraction of sp³-hybridized carbons (Fsp3) is 0.182. The predicted octanol–water partition coefficient (Wildman–Crippen LogP) is 0.800. The van der Waals surface area contributed by atoms with Crippen molar-refractivity contribution in [3.05, 3.63) is 30.5 Å². The number of fused-ring (bicyclic) bond motifs is 1. The summed E-state index contributed by atoms with van der Waals surface area (Å²) in [6.07, 6.45) is 7.19. The second kappa shape index (κ2) is 4.25. The summed E-state index contributed by atoms with van der Waals surface area (Å²) in [6.45, 7) is 1.93. The molecule has 0 unspecified atom stereocenters. The molecule has 4 N–H and O–H groups in total. The molecule has 98 valence electrons. The van der Waals surface area contributed by atoms with Crippen LogP contribution < -0.4 is 16.6 Å². The van der Waals surface area contributed by atoms with Crippen molar-refractivity contribution in [3.63, 3.8) is 0 Å². The van der Waals surface area contributed by atoms with E-state index in [9.17, 15) is 0 Å². The Hall–Kier alpha value is -2.61. The molecule has 0 bridgehead atoms. The Morgan fingerprint density at radius 3 is 2.84 bits per heavy atom. The molecule has 0 aliphatic heterocycles. The van der Waals surface area contributed by atoms with Gasteiger partial charge in [0, 0.05) is 25.6 Å². The molecule has 0 radical (unpaired) electrons. The normalized spacial score (nSPS) is 10.9. The molecule has 19 heavy (non-hydrogen) atoms. The van der Waals surface area contributed by atoms with Crippen molar-refractivity contribution < 1.29 is 0 Å². The number of nitrogens with one attached hydrogen (secondary N) is 2. The molecular weight excluding hydrogens is 244 g/mol. The maximum atomic E-state index is 5.42. The Morgan fingerprint density at radius 1 is 1.32 bits per heavy atom. The summed E-state index contributed by atoms with van der Waals surface area (Å²) < 4.78 is 3.59. The van der Waals surface area contributed by atoms with Crippen LogP contribution in [0.4, 0.5) is 17.3 Å². The van der Waals surface area contributed by atoms with E-state index in [0.29, 0.717) is 11.6 Å². The fourth-order valence-electron chi connectivity index (χ4n) is 1.93. The third-order valence-corrected chi connectivity index (χ3v) is 2.79. The molecular formula is C11H14N8. The summed E-state index contributed by atoms with van der Waals surface area (Å²) in [6, 6.07) is 0. The molecule has 0 fully saturated rings. The number of rotatable bonds is 3. The number of nitrogens with zero attached hydrogens (tertiary/aromatic N) is 5. The highest BCUT2D eigenvalue weighted by atomic mass is 15.3. The van der Waals surface area contributed by atoms with Crippen LogP contribution >= 0.6 is 0 Å². The van der Waals surface area contributed by atoms with Gasteiger partial charge in [0.1, 0.15) is 0 Å². The van der Waals surface area contributed by atoms with Gasteiger partial charge in [0.2, 0.25) is 0 Å². The summed E-state index contributed by atoms with van der Waals surface area (Å²) in [5, 5.41) is 7.50. The van der Waals surface area contributed by atoms with E-state index in [0.717, 1.165) is 17.0 Å². The van der Waals surface area contributed by atoms with Crippen LogP contribution in [-0.4, -0.2) is 24.1 Å². The molecule has 0 spiro atoms. The molecule has 3 aromatic rings. The van der Waals surface area contributed by atoms with Gasteiger partial charge in [0.05, 0.1) is 17.6 Å². The van der Waals surface area contributed by atoms with Gasteiger partial charge in [0.25, 0.3) is 0 Å². The lowest BCUT2D eigenvalue weighted by Gasteiger charge is -2.08. The number of aryl methyl sites for hydroxylation is 2. The first-order chi connectivity index (χ1) is 9.17. The molecule has 0 aliphatic rings. The van der Waals surface area contributed by atoms with E-state index in [2.05, 4.69) is 25.8 Å². The van der Waals surface area contributed by atoms with E-state index in [1.165, 1.54) is 0 Å². The van der Waals surface area contributed by atoms with Crippen molar-refractivity contribution >= 4 is 23.0 Å². The molecule has 0 saturated carbocycles. The van der Waals surface area contributed by atoms with Crippen LogP contribution in [0.2, 0.25) is 0 Å². The quantitative estimate of drug-likeness (QED) is 0.475. The second-order valence-corrected chi connectivity index (χ2v) is 4.20. The van der Waals surface area contributed by atoms with Crippen molar-refractivity contribution in [1.29, 1.82) is 0 Å². The number of hydrogen-bond acceptors (Lipinski definition) is 6. The molecule has 0 aliphatic carbocycles. The first kappa shape index (κ1) is 11.5. The van der Waals surface area contributed by atoms with Crippen LogP contribution in [-0.2, 0) is 7.05 Å². The molecule has 0 amide bonds. The Balaban J connectivity index is 2.08. The molecule has 0 atom stereocenters. The minimum atomic E-state index is 0.551. The van der Waals surface area contributed by atoms with Crippen LogP contribution in [0.3, 0.4) is 0 Å². The van der Waals surface area contributed by atoms with E-state index in [1.807, 2.05) is 30.8 Å². The molecule has 3 heterocycles. The number of aromatic nitrogens is 5. The van der Waals surface area contributed by atoms with Crippen LogP contribution in [0.1, 0.15) is 5.69 Å². The van der Waals surface area contributed by atoms with Gasteiger partial charge in [-0.1, -0.05) is 0 Å². The molecule has 0 saturated heterocycles. The van der Waals surface area contributed by atoms with Crippen molar-refractivity contribution in [2.45, 2.75) is 6.92 Å². The second-order valence-electron chi connectivity index (χ2n) is 4.20. The van der Waals surface area contributed by atoms with Crippen molar-refractivity contribution in [1.82, 2.24) is 24.1 Å². The van der Waals surface area contributed by atoms with Gasteiger partial charge < -0.3 is 15.1 Å². The maximum Gasteiger partial charge on any atom is 0.180 e. The van der Waals surface area contributed by atoms with Gasteiger partial charge in [-0.2, -0.15) is 5.10 Å².